The average Bonchev–Trinajstić information content (AvgIpc) is 2.30. The highest BCUT2D eigenvalue weighted by molar-refractivity contribution is 5.51. The van der Waals surface area contributed by atoms with Crippen LogP contribution in [-0.2, 0) is 0 Å². The lowest BCUT2D eigenvalue weighted by atomic mass is 10.1. The second-order valence-electron chi connectivity index (χ2n) is 3.21. The van der Waals surface area contributed by atoms with Gasteiger partial charge in [0.1, 0.15) is 0 Å². The van der Waals surface area contributed by atoms with Crippen molar-refractivity contribution >= 4 is 5.69 Å². The monoisotopic (exact) mass is 230 g/mol. The highest BCUT2D eigenvalue weighted by Crippen LogP contribution is 2.20. The minimum atomic E-state index is -0.430. The van der Waals surface area contributed by atoms with Crippen molar-refractivity contribution in [1.82, 2.24) is 0 Å². The fourth-order valence-corrected chi connectivity index (χ4v) is 1.27. The summed E-state index contributed by atoms with van der Waals surface area (Å²) in [6.07, 6.45) is 0.437. The van der Waals surface area contributed by atoms with Crippen molar-refractivity contribution in [3.8, 4) is 11.8 Å². The molecule has 0 saturated heterocycles. The van der Waals surface area contributed by atoms with E-state index < -0.39 is 4.92 Å². The summed E-state index contributed by atoms with van der Waals surface area (Å²) in [5, 5.41) is 14.0. The Kier molecular flexibility index (Phi) is 4.55. The maximum Gasteiger partial charge on any atom is 0.273 e. The molecule has 0 saturated carbocycles. The van der Waals surface area contributed by atoms with Gasteiger partial charge in [-0.2, -0.15) is 0 Å². The van der Waals surface area contributed by atoms with E-state index in [2.05, 4.69) is 21.9 Å². The molecule has 0 radical (unpaired) electrons. The van der Waals surface area contributed by atoms with Crippen LogP contribution in [0.5, 0.6) is 0 Å². The maximum atomic E-state index is 10.7. The second kappa shape index (κ2) is 6.16. The predicted molar refractivity (Wildman–Crippen MR) is 63.3 cm³/mol. The molecule has 1 aromatic carbocycles. The molecular formula is C11H10N4O2. The third-order valence-corrected chi connectivity index (χ3v) is 2.13. The molecule has 86 valence electrons. The number of nitro benzene ring substituents is 1. The lowest BCUT2D eigenvalue weighted by Crippen LogP contribution is -1.93. The number of benzene rings is 1. The van der Waals surface area contributed by atoms with Gasteiger partial charge in [-0.25, -0.2) is 0 Å². The first kappa shape index (κ1) is 12.6. The summed E-state index contributed by atoms with van der Waals surface area (Å²) in [4.78, 5) is 12.9. The van der Waals surface area contributed by atoms with E-state index in [1.54, 1.807) is 19.1 Å². The standard InChI is InChI=1S/C11H10N4O2/c1-9-10(5-2-3-8-13-14-12)6-4-7-11(9)15(16)17/h4,6-7H,3,8H2,1H3. The third-order valence-electron chi connectivity index (χ3n) is 2.13. The van der Waals surface area contributed by atoms with Crippen molar-refractivity contribution in [1.29, 1.82) is 0 Å². The number of nitro groups is 1. The summed E-state index contributed by atoms with van der Waals surface area (Å²) in [6, 6.07) is 4.77. The molecule has 0 aliphatic carbocycles. The predicted octanol–water partition coefficient (Wildman–Crippen LogP) is 2.96. The molecule has 1 aromatic rings. The SMILES string of the molecule is Cc1c(C#CCCN=[N+]=[N-])cccc1[N+](=O)[O-]. The van der Waals surface area contributed by atoms with E-state index in [0.29, 0.717) is 24.1 Å². The first-order valence-corrected chi connectivity index (χ1v) is 4.90. The van der Waals surface area contributed by atoms with Gasteiger partial charge < -0.3 is 0 Å². The maximum absolute atomic E-state index is 10.7. The van der Waals surface area contributed by atoms with Crippen LogP contribution in [0, 0.1) is 28.9 Å². The van der Waals surface area contributed by atoms with Crippen LogP contribution in [0.15, 0.2) is 23.3 Å². The number of nitrogens with zero attached hydrogens (tertiary/aromatic N) is 4. The van der Waals surface area contributed by atoms with Crippen LogP contribution in [0.25, 0.3) is 10.4 Å². The smallest absolute Gasteiger partial charge is 0.258 e. The van der Waals surface area contributed by atoms with E-state index in [9.17, 15) is 10.1 Å². The second-order valence-corrected chi connectivity index (χ2v) is 3.21. The average molecular weight is 230 g/mol. The molecule has 0 aromatic heterocycles. The largest absolute Gasteiger partial charge is 0.273 e. The Hall–Kier alpha value is -2.51. The molecule has 1 rings (SSSR count). The summed E-state index contributed by atoms with van der Waals surface area (Å²) < 4.78 is 0. The zero-order valence-electron chi connectivity index (χ0n) is 9.25. The van der Waals surface area contributed by atoms with Crippen LogP contribution in [0.4, 0.5) is 5.69 Å². The number of azide groups is 1. The minimum Gasteiger partial charge on any atom is -0.258 e. The van der Waals surface area contributed by atoms with Gasteiger partial charge in [-0.3, -0.25) is 10.1 Å². The molecule has 6 heteroatoms. The molecule has 0 spiro atoms. The lowest BCUT2D eigenvalue weighted by molar-refractivity contribution is -0.385. The molecule has 0 heterocycles. The van der Waals surface area contributed by atoms with E-state index in [-0.39, 0.29) is 5.69 Å². The first-order chi connectivity index (χ1) is 8.16. The summed E-state index contributed by atoms with van der Waals surface area (Å²) >= 11 is 0. The fraction of sp³-hybridized carbons (Fsp3) is 0.273. The molecule has 0 unspecified atom stereocenters. The summed E-state index contributed by atoms with van der Waals surface area (Å²) in [7, 11) is 0. The molecule has 6 nitrogen and oxygen atoms in total. The summed E-state index contributed by atoms with van der Waals surface area (Å²) in [6.45, 7) is 1.97. The molecule has 17 heavy (non-hydrogen) atoms. The Bertz CT molecular complexity index is 536. The van der Waals surface area contributed by atoms with E-state index in [1.165, 1.54) is 6.07 Å². The topological polar surface area (TPSA) is 91.9 Å². The van der Waals surface area contributed by atoms with E-state index >= 15 is 0 Å². The summed E-state index contributed by atoms with van der Waals surface area (Å²) in [5.41, 5.74) is 9.30. The Morgan fingerprint density at radius 1 is 1.59 bits per heavy atom. The minimum absolute atomic E-state index is 0.0619. The Balaban J connectivity index is 2.88. The first-order valence-electron chi connectivity index (χ1n) is 4.90. The van der Waals surface area contributed by atoms with Gasteiger partial charge in [-0.15, -0.1) is 0 Å². The van der Waals surface area contributed by atoms with Crippen LogP contribution < -0.4 is 0 Å². The van der Waals surface area contributed by atoms with Crippen LogP contribution in [0.3, 0.4) is 0 Å². The van der Waals surface area contributed by atoms with E-state index in [0.717, 1.165) is 0 Å². The molecule has 0 aliphatic heterocycles. The van der Waals surface area contributed by atoms with Crippen molar-refractivity contribution in [3.63, 3.8) is 0 Å². The fourth-order valence-electron chi connectivity index (χ4n) is 1.27. The normalized spacial score (nSPS) is 8.76. The van der Waals surface area contributed by atoms with Gasteiger partial charge in [0, 0.05) is 35.1 Å². The zero-order valence-corrected chi connectivity index (χ0v) is 9.25. The van der Waals surface area contributed by atoms with Gasteiger partial charge in [0.25, 0.3) is 5.69 Å². The van der Waals surface area contributed by atoms with Crippen molar-refractivity contribution in [2.45, 2.75) is 13.3 Å². The van der Waals surface area contributed by atoms with Crippen LogP contribution in [0.1, 0.15) is 17.5 Å². The Labute approximate surface area is 98.0 Å². The van der Waals surface area contributed by atoms with E-state index in [4.69, 9.17) is 5.53 Å². The van der Waals surface area contributed by atoms with Gasteiger partial charge in [0.05, 0.1) is 4.92 Å². The molecule has 0 bridgehead atoms. The molecule has 0 N–H and O–H groups in total. The molecular weight excluding hydrogens is 220 g/mol. The highest BCUT2D eigenvalue weighted by Gasteiger charge is 2.11. The lowest BCUT2D eigenvalue weighted by Gasteiger charge is -1.98. The Morgan fingerprint density at radius 2 is 2.35 bits per heavy atom. The quantitative estimate of drug-likeness (QED) is 0.152. The molecule has 0 fully saturated rings. The van der Waals surface area contributed by atoms with Crippen molar-refractivity contribution < 1.29 is 4.92 Å². The summed E-state index contributed by atoms with van der Waals surface area (Å²) in [5.74, 6) is 5.64. The highest BCUT2D eigenvalue weighted by atomic mass is 16.6. The van der Waals surface area contributed by atoms with Crippen molar-refractivity contribution in [3.05, 3.63) is 49.9 Å². The van der Waals surface area contributed by atoms with Crippen LogP contribution in [-0.4, -0.2) is 11.5 Å². The van der Waals surface area contributed by atoms with Gasteiger partial charge >= 0.3 is 0 Å². The zero-order chi connectivity index (χ0) is 12.7. The number of hydrogen-bond donors (Lipinski definition) is 0. The van der Waals surface area contributed by atoms with Gasteiger partial charge in [0.15, 0.2) is 0 Å². The molecule has 0 atom stereocenters. The Morgan fingerprint density at radius 3 is 3.00 bits per heavy atom. The van der Waals surface area contributed by atoms with Crippen molar-refractivity contribution in [2.75, 3.05) is 6.54 Å². The van der Waals surface area contributed by atoms with Gasteiger partial charge in [0.2, 0.25) is 0 Å². The third kappa shape index (κ3) is 3.52. The molecule has 0 amide bonds. The molecule has 0 aliphatic rings. The van der Waals surface area contributed by atoms with Crippen molar-refractivity contribution in [2.24, 2.45) is 5.11 Å². The van der Waals surface area contributed by atoms with Crippen LogP contribution >= 0.6 is 0 Å². The number of rotatable bonds is 3. The van der Waals surface area contributed by atoms with E-state index in [1.807, 2.05) is 0 Å². The van der Waals surface area contributed by atoms with Gasteiger partial charge in [-0.05, 0) is 18.5 Å². The van der Waals surface area contributed by atoms with Crippen LogP contribution in [0.2, 0.25) is 0 Å². The number of hydrogen-bond acceptors (Lipinski definition) is 3. The van der Waals surface area contributed by atoms with Gasteiger partial charge in [-0.1, -0.05) is 23.0 Å².